The van der Waals surface area contributed by atoms with Crippen LogP contribution >= 0.6 is 0 Å². The largest absolute Gasteiger partial charge is 0.353 e. The molecule has 3 rings (SSSR count). The van der Waals surface area contributed by atoms with E-state index in [1.807, 2.05) is 17.0 Å². The lowest BCUT2D eigenvalue weighted by molar-refractivity contribution is -0.122. The minimum Gasteiger partial charge on any atom is -0.353 e. The molecule has 1 saturated carbocycles. The highest BCUT2D eigenvalue weighted by Gasteiger charge is 2.25. The minimum atomic E-state index is 0.0143. The zero-order chi connectivity index (χ0) is 13.9. The van der Waals surface area contributed by atoms with Crippen LogP contribution in [-0.2, 0) is 9.59 Å². The number of carbonyl (C=O) groups excluding carboxylic acids is 2. The van der Waals surface area contributed by atoms with E-state index in [-0.39, 0.29) is 17.7 Å². The van der Waals surface area contributed by atoms with E-state index >= 15 is 0 Å². The Morgan fingerprint density at radius 1 is 1.40 bits per heavy atom. The van der Waals surface area contributed by atoms with Crippen molar-refractivity contribution in [1.29, 1.82) is 0 Å². The molecule has 2 fully saturated rings. The summed E-state index contributed by atoms with van der Waals surface area (Å²) in [4.78, 5) is 29.4. The van der Waals surface area contributed by atoms with Crippen molar-refractivity contribution in [3.8, 4) is 0 Å². The van der Waals surface area contributed by atoms with Gasteiger partial charge in [0.25, 0.3) is 0 Å². The summed E-state index contributed by atoms with van der Waals surface area (Å²) in [7, 11) is 0. The summed E-state index contributed by atoms with van der Waals surface area (Å²) in [5, 5.41) is 5.66. The molecule has 0 atom stereocenters. The summed E-state index contributed by atoms with van der Waals surface area (Å²) in [6, 6.07) is 3.68. The normalized spacial score (nSPS) is 19.2. The van der Waals surface area contributed by atoms with E-state index in [4.69, 9.17) is 0 Å². The third-order valence-electron chi connectivity index (χ3n) is 3.85. The molecule has 1 aromatic rings. The fourth-order valence-electron chi connectivity index (χ4n) is 2.40. The van der Waals surface area contributed by atoms with Gasteiger partial charge in [-0.3, -0.25) is 9.59 Å². The first-order chi connectivity index (χ1) is 9.72. The summed E-state index contributed by atoms with van der Waals surface area (Å²) in [5.41, 5.74) is 0.715. The molecule has 20 heavy (non-hydrogen) atoms. The first-order valence-corrected chi connectivity index (χ1v) is 7.01. The Kier molecular flexibility index (Phi) is 3.54. The number of aromatic nitrogens is 1. The maximum absolute atomic E-state index is 11.8. The molecule has 1 saturated heterocycles. The van der Waals surface area contributed by atoms with Crippen LogP contribution in [0.1, 0.15) is 19.3 Å². The number of pyridine rings is 1. The lowest BCUT2D eigenvalue weighted by Gasteiger charge is -2.27. The Hall–Kier alpha value is -2.11. The molecular weight excluding hydrogens is 256 g/mol. The molecule has 6 nitrogen and oxygen atoms in total. The molecule has 0 unspecified atom stereocenters. The van der Waals surface area contributed by atoms with Gasteiger partial charge >= 0.3 is 0 Å². The first kappa shape index (κ1) is 12.9. The van der Waals surface area contributed by atoms with Crippen LogP contribution in [0.4, 0.5) is 11.5 Å². The van der Waals surface area contributed by atoms with Crippen molar-refractivity contribution in [2.45, 2.75) is 19.3 Å². The fraction of sp³-hybridized carbons (Fsp3) is 0.500. The Morgan fingerprint density at radius 2 is 2.25 bits per heavy atom. The van der Waals surface area contributed by atoms with Crippen LogP contribution in [0.25, 0.3) is 0 Å². The average molecular weight is 274 g/mol. The molecule has 2 N–H and O–H groups in total. The van der Waals surface area contributed by atoms with Gasteiger partial charge in [-0.05, 0) is 25.0 Å². The zero-order valence-corrected chi connectivity index (χ0v) is 11.3. The highest BCUT2D eigenvalue weighted by Crippen LogP contribution is 2.27. The number of rotatable bonds is 3. The van der Waals surface area contributed by atoms with E-state index in [0.29, 0.717) is 18.8 Å². The van der Waals surface area contributed by atoms with E-state index in [0.717, 1.165) is 31.6 Å². The molecule has 2 heterocycles. The fourth-order valence-corrected chi connectivity index (χ4v) is 2.40. The van der Waals surface area contributed by atoms with Gasteiger partial charge < -0.3 is 15.5 Å². The second-order valence-electron chi connectivity index (χ2n) is 5.29. The van der Waals surface area contributed by atoms with Crippen LogP contribution in [0.5, 0.6) is 0 Å². The van der Waals surface area contributed by atoms with E-state index in [1.54, 1.807) is 6.20 Å². The Morgan fingerprint density at radius 3 is 2.85 bits per heavy atom. The summed E-state index contributed by atoms with van der Waals surface area (Å²) in [6.07, 6.45) is 4.77. The average Bonchev–Trinajstić information content (AvgIpc) is 2.37. The van der Waals surface area contributed by atoms with Crippen LogP contribution in [0.2, 0.25) is 0 Å². The van der Waals surface area contributed by atoms with Crippen molar-refractivity contribution in [3.05, 3.63) is 18.3 Å². The number of piperazine rings is 1. The summed E-state index contributed by atoms with van der Waals surface area (Å²) in [6.45, 7) is 1.73. The molecule has 1 aromatic heterocycles. The second-order valence-corrected chi connectivity index (χ2v) is 5.29. The molecular formula is C14H18N4O2. The summed E-state index contributed by atoms with van der Waals surface area (Å²) >= 11 is 0. The highest BCUT2D eigenvalue weighted by atomic mass is 16.2. The molecule has 2 aliphatic rings. The van der Waals surface area contributed by atoms with Crippen molar-refractivity contribution in [2.24, 2.45) is 5.92 Å². The van der Waals surface area contributed by atoms with Gasteiger partial charge in [0.1, 0.15) is 5.82 Å². The van der Waals surface area contributed by atoms with Crippen LogP contribution in [0.15, 0.2) is 18.3 Å². The Balaban J connectivity index is 1.61. The van der Waals surface area contributed by atoms with E-state index in [2.05, 4.69) is 15.6 Å². The molecule has 2 amide bonds. The lowest BCUT2D eigenvalue weighted by atomic mass is 9.85. The summed E-state index contributed by atoms with van der Waals surface area (Å²) in [5.74, 6) is 1.03. The van der Waals surface area contributed by atoms with Gasteiger partial charge in [0.15, 0.2) is 0 Å². The van der Waals surface area contributed by atoms with Crippen LogP contribution < -0.4 is 15.5 Å². The molecule has 0 spiro atoms. The van der Waals surface area contributed by atoms with Crippen molar-refractivity contribution in [2.75, 3.05) is 29.9 Å². The predicted octanol–water partition coefficient (Wildman–Crippen LogP) is 0.756. The summed E-state index contributed by atoms with van der Waals surface area (Å²) < 4.78 is 0. The second kappa shape index (κ2) is 5.48. The molecule has 6 heteroatoms. The van der Waals surface area contributed by atoms with Gasteiger partial charge in [0, 0.05) is 19.0 Å². The first-order valence-electron chi connectivity index (χ1n) is 7.01. The Labute approximate surface area is 117 Å². The maximum atomic E-state index is 11.8. The van der Waals surface area contributed by atoms with Gasteiger partial charge in [0.05, 0.1) is 18.4 Å². The highest BCUT2D eigenvalue weighted by molar-refractivity contribution is 5.93. The third-order valence-corrected chi connectivity index (χ3v) is 3.85. The van der Waals surface area contributed by atoms with E-state index in [9.17, 15) is 9.59 Å². The van der Waals surface area contributed by atoms with Gasteiger partial charge in [0.2, 0.25) is 11.8 Å². The van der Waals surface area contributed by atoms with Crippen molar-refractivity contribution < 1.29 is 9.59 Å². The smallest absolute Gasteiger partial charge is 0.239 e. The molecule has 1 aliphatic heterocycles. The standard InChI is InChI=1S/C14H18N4O2/c19-13-9-18(7-6-15-13)12-5-4-11(8-16-12)17-14(20)10-2-1-3-10/h4-5,8,10H,1-3,6-7,9H2,(H,15,19)(H,17,20). The van der Waals surface area contributed by atoms with Crippen LogP contribution in [0, 0.1) is 5.92 Å². The van der Waals surface area contributed by atoms with Crippen molar-refractivity contribution in [1.82, 2.24) is 10.3 Å². The number of nitrogens with zero attached hydrogens (tertiary/aromatic N) is 2. The van der Waals surface area contributed by atoms with Gasteiger partial charge in [-0.1, -0.05) is 6.42 Å². The zero-order valence-electron chi connectivity index (χ0n) is 11.3. The van der Waals surface area contributed by atoms with E-state index in [1.165, 1.54) is 0 Å². The number of carbonyl (C=O) groups is 2. The molecule has 0 aromatic carbocycles. The number of amides is 2. The Bertz CT molecular complexity index is 510. The van der Waals surface area contributed by atoms with Crippen molar-refractivity contribution >= 4 is 23.3 Å². The minimum absolute atomic E-state index is 0.0143. The maximum Gasteiger partial charge on any atom is 0.239 e. The van der Waals surface area contributed by atoms with E-state index < -0.39 is 0 Å². The number of hydrogen-bond donors (Lipinski definition) is 2. The van der Waals surface area contributed by atoms with Crippen LogP contribution in [-0.4, -0.2) is 36.4 Å². The number of anilines is 2. The van der Waals surface area contributed by atoms with Crippen molar-refractivity contribution in [3.63, 3.8) is 0 Å². The van der Waals surface area contributed by atoms with Gasteiger partial charge in [-0.25, -0.2) is 4.98 Å². The lowest BCUT2D eigenvalue weighted by Crippen LogP contribution is -2.48. The van der Waals surface area contributed by atoms with Crippen LogP contribution in [0.3, 0.4) is 0 Å². The molecule has 1 aliphatic carbocycles. The number of nitrogens with one attached hydrogen (secondary N) is 2. The topological polar surface area (TPSA) is 74.3 Å². The SMILES string of the molecule is O=C1CN(c2ccc(NC(=O)C3CCC3)cn2)CCN1. The molecule has 106 valence electrons. The van der Waals surface area contributed by atoms with Gasteiger partial charge in [-0.15, -0.1) is 0 Å². The quantitative estimate of drug-likeness (QED) is 0.853. The predicted molar refractivity (Wildman–Crippen MR) is 75.4 cm³/mol. The third kappa shape index (κ3) is 2.74. The molecule has 0 bridgehead atoms. The van der Waals surface area contributed by atoms with Gasteiger partial charge in [-0.2, -0.15) is 0 Å². The molecule has 0 radical (unpaired) electrons. The monoisotopic (exact) mass is 274 g/mol. The number of hydrogen-bond acceptors (Lipinski definition) is 4.